The van der Waals surface area contributed by atoms with E-state index >= 15 is 0 Å². The number of hydrogen-bond donors (Lipinski definition) is 1. The fourth-order valence-corrected chi connectivity index (χ4v) is 1.31. The van der Waals surface area contributed by atoms with Crippen molar-refractivity contribution in [3.8, 4) is 5.75 Å². The summed E-state index contributed by atoms with van der Waals surface area (Å²) in [5, 5.41) is 1.82. The summed E-state index contributed by atoms with van der Waals surface area (Å²) in [7, 11) is 4.79. The van der Waals surface area contributed by atoms with Crippen molar-refractivity contribution >= 4 is 11.7 Å². The van der Waals surface area contributed by atoms with Crippen LogP contribution in [0.3, 0.4) is 0 Å². The van der Waals surface area contributed by atoms with Gasteiger partial charge < -0.3 is 27.2 Å². The molecule has 0 amide bonds. The van der Waals surface area contributed by atoms with Crippen LogP contribution >= 0.6 is 0 Å². The molecule has 4 nitrogen and oxygen atoms in total. The van der Waals surface area contributed by atoms with Gasteiger partial charge in [0.2, 0.25) is 0 Å². The first-order chi connectivity index (χ1) is 6.74. The average Bonchev–Trinajstić information content (AvgIpc) is 2.26. The number of ether oxygens (including phenoxy) is 2. The van der Waals surface area contributed by atoms with Crippen molar-refractivity contribution in [3.05, 3.63) is 23.8 Å². The van der Waals surface area contributed by atoms with Crippen molar-refractivity contribution in [2.45, 2.75) is 0 Å². The molecule has 0 radical (unpaired) electrons. The Balaban J connectivity index is 0.00000196. The van der Waals surface area contributed by atoms with Crippen molar-refractivity contribution in [1.29, 1.82) is 0 Å². The lowest BCUT2D eigenvalue weighted by atomic mass is 10.1. The zero-order valence-corrected chi connectivity index (χ0v) is 9.67. The molecule has 15 heavy (non-hydrogen) atoms. The third-order valence-corrected chi connectivity index (χ3v) is 1.98. The molecule has 1 aromatic rings. The van der Waals surface area contributed by atoms with E-state index in [0.717, 1.165) is 5.69 Å². The molecule has 5 heteroatoms. The molecule has 0 bridgehead atoms. The van der Waals surface area contributed by atoms with Gasteiger partial charge in [0.05, 0.1) is 21.3 Å². The lowest BCUT2D eigenvalue weighted by Crippen LogP contribution is -3.00. The van der Waals surface area contributed by atoms with Crippen molar-refractivity contribution < 1.29 is 32.0 Å². The van der Waals surface area contributed by atoms with Crippen LogP contribution in [0, 0.1) is 0 Å². The Morgan fingerprint density at radius 2 is 2.00 bits per heavy atom. The average molecular weight is 232 g/mol. The zero-order valence-electron chi connectivity index (χ0n) is 8.91. The van der Waals surface area contributed by atoms with Crippen LogP contribution < -0.4 is 22.5 Å². The van der Waals surface area contributed by atoms with E-state index < -0.39 is 0 Å². The highest BCUT2D eigenvalue weighted by Gasteiger charge is 2.17. The predicted octanol–water partition coefficient (Wildman–Crippen LogP) is -2.69. The van der Waals surface area contributed by atoms with E-state index in [1.807, 2.05) is 18.4 Å². The molecule has 0 aliphatic heterocycles. The second-order valence-electron chi connectivity index (χ2n) is 2.70. The van der Waals surface area contributed by atoms with Gasteiger partial charge in [0.15, 0.2) is 11.4 Å². The molecule has 1 rings (SSSR count). The smallest absolute Gasteiger partial charge is 0.344 e. The Hall–Kier alpha value is -1.26. The largest absolute Gasteiger partial charge is 1.00 e. The summed E-state index contributed by atoms with van der Waals surface area (Å²) in [5.41, 5.74) is 1.29. The lowest BCUT2D eigenvalue weighted by molar-refractivity contribution is -0.540. The molecule has 1 aromatic carbocycles. The molecule has 0 aliphatic rings. The lowest BCUT2D eigenvalue weighted by Gasteiger charge is -2.07. The van der Waals surface area contributed by atoms with Gasteiger partial charge in [-0.25, -0.2) is 4.79 Å². The van der Waals surface area contributed by atoms with Crippen LogP contribution in [0.4, 0.5) is 5.69 Å². The summed E-state index contributed by atoms with van der Waals surface area (Å²) in [5.74, 6) is 0.326. The van der Waals surface area contributed by atoms with Crippen LogP contribution in [-0.4, -0.2) is 27.2 Å². The number of benzene rings is 1. The van der Waals surface area contributed by atoms with Gasteiger partial charge >= 0.3 is 5.97 Å². The molecular weight excluding hydrogens is 218 g/mol. The van der Waals surface area contributed by atoms with Crippen LogP contribution in [0.1, 0.15) is 10.4 Å². The number of quaternary nitrogens is 1. The van der Waals surface area contributed by atoms with Crippen LogP contribution in [0.2, 0.25) is 0 Å². The summed E-state index contributed by atoms with van der Waals surface area (Å²) < 4.78 is 9.80. The number of methoxy groups -OCH3 is 2. The molecular formula is C10H14ClNO3. The third-order valence-electron chi connectivity index (χ3n) is 1.98. The molecule has 0 heterocycles. The van der Waals surface area contributed by atoms with E-state index in [1.54, 1.807) is 19.2 Å². The van der Waals surface area contributed by atoms with Gasteiger partial charge in [0.25, 0.3) is 0 Å². The first-order valence-electron chi connectivity index (χ1n) is 4.29. The van der Waals surface area contributed by atoms with Crippen molar-refractivity contribution in [2.24, 2.45) is 0 Å². The molecule has 0 saturated heterocycles. The Labute approximate surface area is 95.0 Å². The number of halogens is 1. The highest BCUT2D eigenvalue weighted by Crippen LogP contribution is 2.23. The standard InChI is InChI=1S/C10H13NO3.ClH/c1-11-9-7(10(12)14-3)5-4-6-8(9)13-2;/h4-6,11H,1-3H3;1H. The highest BCUT2D eigenvalue weighted by atomic mass is 35.5. The topological polar surface area (TPSA) is 52.1 Å². The Bertz CT molecular complexity index is 341. The minimum absolute atomic E-state index is 0. The predicted molar refractivity (Wildman–Crippen MR) is 51.8 cm³/mol. The first kappa shape index (κ1) is 13.7. The Morgan fingerprint density at radius 1 is 1.33 bits per heavy atom. The molecule has 0 aromatic heterocycles. The van der Waals surface area contributed by atoms with Gasteiger partial charge in [-0.15, -0.1) is 0 Å². The molecule has 84 valence electrons. The van der Waals surface area contributed by atoms with E-state index in [2.05, 4.69) is 4.74 Å². The van der Waals surface area contributed by atoms with Gasteiger partial charge in [-0.1, -0.05) is 6.07 Å². The van der Waals surface area contributed by atoms with E-state index in [0.29, 0.717) is 11.3 Å². The van der Waals surface area contributed by atoms with Gasteiger partial charge in [-0.3, -0.25) is 0 Å². The maximum Gasteiger partial charge on any atom is 0.344 e. The molecule has 0 saturated carbocycles. The summed E-state index contributed by atoms with van der Waals surface area (Å²) in [6.45, 7) is 0. The molecule has 0 aliphatic carbocycles. The number of para-hydroxylation sites is 1. The molecule has 0 fully saturated rings. The summed E-state index contributed by atoms with van der Waals surface area (Å²) in [6, 6.07) is 5.28. The van der Waals surface area contributed by atoms with E-state index in [4.69, 9.17) is 4.74 Å². The fraction of sp³-hybridized carbons (Fsp3) is 0.300. The molecule has 2 N–H and O–H groups in total. The maximum atomic E-state index is 11.4. The SMILES string of the molecule is C[NH2+]c1c(OC)cccc1C(=O)OC.[Cl-]. The zero-order chi connectivity index (χ0) is 10.6. The number of hydrogen-bond acceptors (Lipinski definition) is 3. The summed E-state index contributed by atoms with van der Waals surface area (Å²) >= 11 is 0. The second-order valence-corrected chi connectivity index (χ2v) is 2.70. The molecule has 0 spiro atoms. The van der Waals surface area contributed by atoms with Gasteiger partial charge in [-0.2, -0.15) is 0 Å². The Morgan fingerprint density at radius 3 is 2.47 bits per heavy atom. The highest BCUT2D eigenvalue weighted by molar-refractivity contribution is 5.94. The van der Waals surface area contributed by atoms with Crippen LogP contribution in [-0.2, 0) is 4.74 Å². The minimum Gasteiger partial charge on any atom is -1.00 e. The van der Waals surface area contributed by atoms with Gasteiger partial charge in [-0.05, 0) is 12.1 Å². The number of esters is 1. The molecule has 0 atom stereocenters. The normalized spacial score (nSPS) is 9.00. The number of rotatable bonds is 3. The van der Waals surface area contributed by atoms with Crippen molar-refractivity contribution in [1.82, 2.24) is 0 Å². The van der Waals surface area contributed by atoms with Gasteiger partial charge in [0, 0.05) is 0 Å². The first-order valence-corrected chi connectivity index (χ1v) is 4.29. The minimum atomic E-state index is -0.350. The Kier molecular flexibility index (Phi) is 5.74. The quantitative estimate of drug-likeness (QED) is 0.456. The fourth-order valence-electron chi connectivity index (χ4n) is 1.31. The molecule has 0 unspecified atom stereocenters. The van der Waals surface area contributed by atoms with Crippen molar-refractivity contribution in [2.75, 3.05) is 21.3 Å². The maximum absolute atomic E-state index is 11.4. The number of carbonyl (C=O) groups excluding carboxylic acids is 1. The third kappa shape index (κ3) is 2.84. The van der Waals surface area contributed by atoms with E-state index in [1.165, 1.54) is 7.11 Å². The van der Waals surface area contributed by atoms with Crippen LogP contribution in [0.5, 0.6) is 5.75 Å². The van der Waals surface area contributed by atoms with E-state index in [-0.39, 0.29) is 18.4 Å². The number of nitrogens with two attached hydrogens (primary N) is 1. The second kappa shape index (κ2) is 6.27. The van der Waals surface area contributed by atoms with Crippen molar-refractivity contribution in [3.63, 3.8) is 0 Å². The van der Waals surface area contributed by atoms with Crippen LogP contribution in [0.15, 0.2) is 18.2 Å². The number of carbonyl (C=O) groups is 1. The van der Waals surface area contributed by atoms with Gasteiger partial charge in [0.1, 0.15) is 5.56 Å². The van der Waals surface area contributed by atoms with Crippen LogP contribution in [0.25, 0.3) is 0 Å². The monoisotopic (exact) mass is 231 g/mol. The summed E-state index contributed by atoms with van der Waals surface area (Å²) in [4.78, 5) is 11.4. The summed E-state index contributed by atoms with van der Waals surface area (Å²) in [6.07, 6.45) is 0. The van der Waals surface area contributed by atoms with E-state index in [9.17, 15) is 4.79 Å².